The van der Waals surface area contributed by atoms with Gasteiger partial charge in [0.15, 0.2) is 5.16 Å². The van der Waals surface area contributed by atoms with Crippen LogP contribution in [0.25, 0.3) is 0 Å². The molecule has 20 heavy (non-hydrogen) atoms. The van der Waals surface area contributed by atoms with Gasteiger partial charge in [-0.25, -0.2) is 0 Å². The molecule has 2 aromatic rings. The lowest BCUT2D eigenvalue weighted by Crippen LogP contribution is -2.18. The molecule has 104 valence electrons. The van der Waals surface area contributed by atoms with Crippen LogP contribution in [-0.4, -0.2) is 26.7 Å². The molecular weight excluding hydrogens is 274 g/mol. The molecule has 0 radical (unpaired) electrons. The maximum atomic E-state index is 11.9. The fraction of sp³-hybridized carbons (Fsp3) is 0.286. The lowest BCUT2D eigenvalue weighted by Gasteiger charge is -2.04. The van der Waals surface area contributed by atoms with Gasteiger partial charge in [0.25, 0.3) is 5.56 Å². The second-order valence-corrected chi connectivity index (χ2v) is 5.46. The third-order valence-corrected chi connectivity index (χ3v) is 3.78. The van der Waals surface area contributed by atoms with Gasteiger partial charge in [0.05, 0.1) is 5.75 Å². The van der Waals surface area contributed by atoms with E-state index in [2.05, 4.69) is 15.2 Å². The van der Waals surface area contributed by atoms with E-state index in [1.807, 2.05) is 31.2 Å². The first-order valence-electron chi connectivity index (χ1n) is 6.19. The molecule has 0 aliphatic rings. The van der Waals surface area contributed by atoms with Gasteiger partial charge in [0.2, 0.25) is 0 Å². The number of nitrogens with zero attached hydrogens (tertiary/aromatic N) is 2. The van der Waals surface area contributed by atoms with Crippen molar-refractivity contribution in [2.75, 3.05) is 5.75 Å². The third kappa shape index (κ3) is 3.77. The Balaban J connectivity index is 2.16. The van der Waals surface area contributed by atoms with E-state index >= 15 is 0 Å². The summed E-state index contributed by atoms with van der Waals surface area (Å²) in [5, 5.41) is 8.28. The van der Waals surface area contributed by atoms with Crippen molar-refractivity contribution in [2.24, 2.45) is 0 Å². The van der Waals surface area contributed by atoms with E-state index < -0.39 is 0 Å². The lowest BCUT2D eigenvalue weighted by atomic mass is 10.0. The van der Waals surface area contributed by atoms with Crippen LogP contribution in [0.5, 0.6) is 0 Å². The van der Waals surface area contributed by atoms with E-state index in [9.17, 15) is 9.59 Å². The SMILES string of the molecule is CC(=O)CSc1nnc(Cc2ccccc2C)c(=O)[nH]1. The van der Waals surface area contributed by atoms with Crippen molar-refractivity contribution in [1.82, 2.24) is 15.2 Å². The van der Waals surface area contributed by atoms with Crippen LogP contribution in [-0.2, 0) is 11.2 Å². The first-order chi connectivity index (χ1) is 9.56. The Morgan fingerprint density at radius 3 is 2.70 bits per heavy atom. The van der Waals surface area contributed by atoms with Crippen LogP contribution < -0.4 is 5.56 Å². The molecule has 0 saturated heterocycles. The largest absolute Gasteiger partial charge is 0.299 e. The number of nitrogens with one attached hydrogen (secondary N) is 1. The number of benzene rings is 1. The maximum Gasteiger partial charge on any atom is 0.273 e. The molecule has 5 nitrogen and oxygen atoms in total. The Bertz CT molecular complexity index is 682. The standard InChI is InChI=1S/C14H15N3O2S/c1-9-5-3-4-6-11(9)7-12-13(19)15-14(17-16-12)20-8-10(2)18/h3-6H,7-8H2,1-2H3,(H,15,17,19). The van der Waals surface area contributed by atoms with Crippen molar-refractivity contribution in [2.45, 2.75) is 25.4 Å². The number of hydrogen-bond donors (Lipinski definition) is 1. The predicted molar refractivity (Wildman–Crippen MR) is 78.0 cm³/mol. The minimum atomic E-state index is -0.255. The highest BCUT2D eigenvalue weighted by Crippen LogP contribution is 2.12. The number of aromatic nitrogens is 3. The molecule has 0 bridgehead atoms. The summed E-state index contributed by atoms with van der Waals surface area (Å²) in [5.41, 5.74) is 2.29. The highest BCUT2D eigenvalue weighted by Gasteiger charge is 2.08. The molecule has 1 heterocycles. The molecule has 0 amide bonds. The summed E-state index contributed by atoms with van der Waals surface area (Å²) >= 11 is 1.18. The fourth-order valence-corrected chi connectivity index (χ4v) is 2.29. The second-order valence-electron chi connectivity index (χ2n) is 4.50. The van der Waals surface area contributed by atoms with Crippen molar-refractivity contribution in [1.29, 1.82) is 0 Å². The topological polar surface area (TPSA) is 75.7 Å². The predicted octanol–water partition coefficient (Wildman–Crippen LogP) is 1.75. The van der Waals surface area contributed by atoms with E-state index in [0.717, 1.165) is 11.1 Å². The van der Waals surface area contributed by atoms with Crippen LogP contribution in [0.15, 0.2) is 34.2 Å². The molecular formula is C14H15N3O2S. The van der Waals surface area contributed by atoms with Crippen LogP contribution in [0, 0.1) is 6.92 Å². The van der Waals surface area contributed by atoms with Crippen molar-refractivity contribution < 1.29 is 4.79 Å². The van der Waals surface area contributed by atoms with Gasteiger partial charge in [0.1, 0.15) is 11.5 Å². The molecule has 6 heteroatoms. The summed E-state index contributed by atoms with van der Waals surface area (Å²) in [6, 6.07) is 7.85. The van der Waals surface area contributed by atoms with Gasteiger partial charge in [-0.05, 0) is 25.0 Å². The maximum absolute atomic E-state index is 11.9. The number of aromatic amines is 1. The van der Waals surface area contributed by atoms with Crippen molar-refractivity contribution in [3.63, 3.8) is 0 Å². The van der Waals surface area contributed by atoms with Crippen LogP contribution in [0.3, 0.4) is 0 Å². The van der Waals surface area contributed by atoms with Gasteiger partial charge in [0, 0.05) is 6.42 Å². The van der Waals surface area contributed by atoms with Crippen LogP contribution >= 0.6 is 11.8 Å². The van der Waals surface area contributed by atoms with Gasteiger partial charge < -0.3 is 0 Å². The number of aryl methyl sites for hydroxylation is 1. The minimum absolute atomic E-state index is 0.0293. The molecule has 0 unspecified atom stereocenters. The number of H-pyrrole nitrogens is 1. The first kappa shape index (κ1) is 14.5. The lowest BCUT2D eigenvalue weighted by molar-refractivity contribution is -0.114. The van der Waals surface area contributed by atoms with Crippen molar-refractivity contribution >= 4 is 17.5 Å². The molecule has 0 atom stereocenters. The van der Waals surface area contributed by atoms with Crippen LogP contribution in [0.4, 0.5) is 0 Å². The summed E-state index contributed by atoms with van der Waals surface area (Å²) in [5.74, 6) is 0.309. The molecule has 1 N–H and O–H groups in total. The number of carbonyl (C=O) groups is 1. The number of Topliss-reactive ketones (excluding diaryl/α,β-unsaturated/α-hetero) is 1. The zero-order chi connectivity index (χ0) is 14.5. The van der Waals surface area contributed by atoms with Crippen molar-refractivity contribution in [3.05, 3.63) is 51.4 Å². The molecule has 1 aromatic carbocycles. The summed E-state index contributed by atoms with van der Waals surface area (Å²) in [4.78, 5) is 25.5. The molecule has 0 fully saturated rings. The summed E-state index contributed by atoms with van der Waals surface area (Å²) in [7, 11) is 0. The van der Waals surface area contributed by atoms with Gasteiger partial charge in [-0.2, -0.15) is 0 Å². The fourth-order valence-electron chi connectivity index (χ4n) is 1.68. The molecule has 0 saturated carbocycles. The summed E-state index contributed by atoms with van der Waals surface area (Å²) < 4.78 is 0. The minimum Gasteiger partial charge on any atom is -0.299 e. The molecule has 0 aliphatic heterocycles. The first-order valence-corrected chi connectivity index (χ1v) is 7.17. The zero-order valence-corrected chi connectivity index (χ0v) is 12.2. The van der Waals surface area contributed by atoms with Gasteiger partial charge >= 0.3 is 0 Å². The zero-order valence-electron chi connectivity index (χ0n) is 11.3. The van der Waals surface area contributed by atoms with Crippen LogP contribution in [0.1, 0.15) is 23.7 Å². The smallest absolute Gasteiger partial charge is 0.273 e. The number of ketones is 1. The van der Waals surface area contributed by atoms with E-state index in [1.165, 1.54) is 18.7 Å². The third-order valence-electron chi connectivity index (χ3n) is 2.78. The number of thioether (sulfide) groups is 1. The molecule has 1 aromatic heterocycles. The van der Waals surface area contributed by atoms with E-state index in [4.69, 9.17) is 0 Å². The molecule has 0 aliphatic carbocycles. The van der Waals surface area contributed by atoms with Gasteiger partial charge in [-0.3, -0.25) is 14.6 Å². The average molecular weight is 289 g/mol. The monoisotopic (exact) mass is 289 g/mol. The Kier molecular flexibility index (Phi) is 4.68. The second kappa shape index (κ2) is 6.47. The molecule has 0 spiro atoms. The van der Waals surface area contributed by atoms with Crippen molar-refractivity contribution in [3.8, 4) is 0 Å². The number of rotatable bonds is 5. The van der Waals surface area contributed by atoms with Gasteiger partial charge in [-0.1, -0.05) is 36.0 Å². The Morgan fingerprint density at radius 1 is 1.30 bits per heavy atom. The Morgan fingerprint density at radius 2 is 2.05 bits per heavy atom. The van der Waals surface area contributed by atoms with E-state index in [1.54, 1.807) is 0 Å². The summed E-state index contributed by atoms with van der Waals surface area (Å²) in [6.07, 6.45) is 0.451. The van der Waals surface area contributed by atoms with E-state index in [0.29, 0.717) is 17.3 Å². The van der Waals surface area contributed by atoms with E-state index in [-0.39, 0.29) is 17.1 Å². The highest BCUT2D eigenvalue weighted by molar-refractivity contribution is 7.99. The highest BCUT2D eigenvalue weighted by atomic mass is 32.2. The van der Waals surface area contributed by atoms with Crippen LogP contribution in [0.2, 0.25) is 0 Å². The Labute approximate surface area is 120 Å². The average Bonchev–Trinajstić information content (AvgIpc) is 2.41. The normalized spacial score (nSPS) is 10.5. The quantitative estimate of drug-likeness (QED) is 0.849. The summed E-state index contributed by atoms with van der Waals surface area (Å²) in [6.45, 7) is 3.49. The van der Waals surface area contributed by atoms with Gasteiger partial charge in [-0.15, -0.1) is 10.2 Å². The molecule has 2 rings (SSSR count). The Hall–Kier alpha value is -1.95. The number of carbonyl (C=O) groups excluding carboxylic acids is 1. The number of hydrogen-bond acceptors (Lipinski definition) is 5.